The molecule has 0 saturated carbocycles. The first-order valence-electron chi connectivity index (χ1n) is 7.53. The molecule has 6 heteroatoms. The molecule has 0 fully saturated rings. The van der Waals surface area contributed by atoms with Crippen molar-refractivity contribution in [2.45, 2.75) is 6.92 Å². The second-order valence-corrected chi connectivity index (χ2v) is 5.72. The van der Waals surface area contributed by atoms with Crippen molar-refractivity contribution in [2.24, 2.45) is 0 Å². The second kappa shape index (κ2) is 5.34. The van der Waals surface area contributed by atoms with Crippen LogP contribution in [0.3, 0.4) is 0 Å². The van der Waals surface area contributed by atoms with Crippen molar-refractivity contribution in [3.05, 3.63) is 59.9 Å². The maximum Gasteiger partial charge on any atom is 0.278 e. The van der Waals surface area contributed by atoms with Gasteiger partial charge < -0.3 is 16.0 Å². The van der Waals surface area contributed by atoms with Crippen LogP contribution in [-0.2, 0) is 0 Å². The molecule has 0 aliphatic rings. The van der Waals surface area contributed by atoms with Gasteiger partial charge in [-0.05, 0) is 42.1 Å². The SMILES string of the molecule is Cc1ccc2c(N)c(C(=O)Nc3ccc4cc[nH]c4c3)nnc2c1. The number of hydrogen-bond donors (Lipinski definition) is 3. The number of nitrogens with two attached hydrogens (primary N) is 1. The number of aromatic amines is 1. The van der Waals surface area contributed by atoms with Crippen molar-refractivity contribution < 1.29 is 4.79 Å². The Labute approximate surface area is 137 Å². The Kier molecular flexibility index (Phi) is 3.16. The number of fused-ring (bicyclic) bond motifs is 2. The molecule has 0 aliphatic heterocycles. The summed E-state index contributed by atoms with van der Waals surface area (Å²) < 4.78 is 0. The number of nitrogens with zero attached hydrogens (tertiary/aromatic N) is 2. The summed E-state index contributed by atoms with van der Waals surface area (Å²) in [4.78, 5) is 15.6. The topological polar surface area (TPSA) is 96.7 Å². The molecule has 118 valence electrons. The van der Waals surface area contributed by atoms with Crippen LogP contribution in [0, 0.1) is 6.92 Å². The Hall–Kier alpha value is -3.41. The van der Waals surface area contributed by atoms with Crippen LogP contribution < -0.4 is 11.1 Å². The average Bonchev–Trinajstić information content (AvgIpc) is 3.02. The van der Waals surface area contributed by atoms with Crippen molar-refractivity contribution in [3.63, 3.8) is 0 Å². The van der Waals surface area contributed by atoms with E-state index in [4.69, 9.17) is 5.73 Å². The Morgan fingerprint density at radius 1 is 1.12 bits per heavy atom. The number of benzene rings is 2. The molecule has 0 unspecified atom stereocenters. The van der Waals surface area contributed by atoms with Gasteiger partial charge in [-0.3, -0.25) is 4.79 Å². The fourth-order valence-electron chi connectivity index (χ4n) is 2.72. The highest BCUT2D eigenvalue weighted by Gasteiger charge is 2.16. The van der Waals surface area contributed by atoms with Gasteiger partial charge in [0, 0.05) is 22.8 Å². The van der Waals surface area contributed by atoms with Crippen LogP contribution in [0.15, 0.2) is 48.7 Å². The Bertz CT molecular complexity index is 1080. The van der Waals surface area contributed by atoms with Crippen molar-refractivity contribution in [3.8, 4) is 0 Å². The van der Waals surface area contributed by atoms with Gasteiger partial charge >= 0.3 is 0 Å². The summed E-state index contributed by atoms with van der Waals surface area (Å²) in [5.74, 6) is -0.381. The van der Waals surface area contributed by atoms with Gasteiger partial charge in [-0.15, -0.1) is 10.2 Å². The van der Waals surface area contributed by atoms with Gasteiger partial charge in [0.25, 0.3) is 5.91 Å². The van der Waals surface area contributed by atoms with E-state index in [0.717, 1.165) is 21.9 Å². The number of aromatic nitrogens is 3. The molecule has 0 saturated heterocycles. The van der Waals surface area contributed by atoms with Gasteiger partial charge in [0.05, 0.1) is 11.2 Å². The molecule has 0 radical (unpaired) electrons. The van der Waals surface area contributed by atoms with E-state index < -0.39 is 0 Å². The number of carbonyl (C=O) groups excluding carboxylic acids is 1. The minimum absolute atomic E-state index is 0.123. The summed E-state index contributed by atoms with van der Waals surface area (Å²) in [5.41, 5.74) is 9.94. The summed E-state index contributed by atoms with van der Waals surface area (Å²) in [5, 5.41) is 12.7. The van der Waals surface area contributed by atoms with Crippen molar-refractivity contribution >= 4 is 39.1 Å². The quantitative estimate of drug-likeness (QED) is 0.528. The fourth-order valence-corrected chi connectivity index (χ4v) is 2.72. The molecule has 2 aromatic carbocycles. The first-order valence-corrected chi connectivity index (χ1v) is 7.53. The van der Waals surface area contributed by atoms with Crippen LogP contribution in [0.1, 0.15) is 16.1 Å². The number of hydrogen-bond acceptors (Lipinski definition) is 4. The highest BCUT2D eigenvalue weighted by atomic mass is 16.1. The average molecular weight is 317 g/mol. The first kappa shape index (κ1) is 14.2. The number of aryl methyl sites for hydroxylation is 1. The molecule has 0 atom stereocenters. The van der Waals surface area contributed by atoms with E-state index >= 15 is 0 Å². The molecule has 6 nitrogen and oxygen atoms in total. The van der Waals surface area contributed by atoms with Crippen molar-refractivity contribution in [1.29, 1.82) is 0 Å². The summed E-state index contributed by atoms with van der Waals surface area (Å²) in [6.45, 7) is 1.97. The molecule has 4 aromatic rings. The van der Waals surface area contributed by atoms with E-state index in [0.29, 0.717) is 16.9 Å². The molecular weight excluding hydrogens is 302 g/mol. The number of amides is 1. The van der Waals surface area contributed by atoms with Crippen LogP contribution >= 0.6 is 0 Å². The third kappa shape index (κ3) is 2.34. The van der Waals surface area contributed by atoms with Crippen molar-refractivity contribution in [1.82, 2.24) is 15.2 Å². The predicted octanol–water partition coefficient (Wildman–Crippen LogP) is 3.25. The smallest absolute Gasteiger partial charge is 0.278 e. The van der Waals surface area contributed by atoms with E-state index in [9.17, 15) is 4.79 Å². The molecular formula is C18H15N5O. The highest BCUT2D eigenvalue weighted by molar-refractivity contribution is 6.10. The number of H-pyrrole nitrogens is 1. The molecule has 2 heterocycles. The van der Waals surface area contributed by atoms with E-state index in [1.54, 1.807) is 0 Å². The van der Waals surface area contributed by atoms with Gasteiger partial charge in [0.15, 0.2) is 5.69 Å². The highest BCUT2D eigenvalue weighted by Crippen LogP contribution is 2.23. The lowest BCUT2D eigenvalue weighted by Crippen LogP contribution is -2.17. The summed E-state index contributed by atoms with van der Waals surface area (Å²) >= 11 is 0. The number of anilines is 2. The second-order valence-electron chi connectivity index (χ2n) is 5.72. The lowest BCUT2D eigenvalue weighted by atomic mass is 10.1. The van der Waals surface area contributed by atoms with Gasteiger partial charge in [0.1, 0.15) is 0 Å². The Balaban J connectivity index is 1.69. The van der Waals surface area contributed by atoms with Crippen molar-refractivity contribution in [2.75, 3.05) is 11.1 Å². The van der Waals surface area contributed by atoms with Crippen LogP contribution in [0.4, 0.5) is 11.4 Å². The molecule has 2 aromatic heterocycles. The summed E-state index contributed by atoms with van der Waals surface area (Å²) in [7, 11) is 0. The Morgan fingerprint density at radius 3 is 2.88 bits per heavy atom. The third-order valence-corrected chi connectivity index (χ3v) is 3.98. The van der Waals surface area contributed by atoms with E-state index in [2.05, 4.69) is 20.5 Å². The lowest BCUT2D eigenvalue weighted by molar-refractivity contribution is 0.102. The molecule has 4 rings (SSSR count). The predicted molar refractivity (Wildman–Crippen MR) is 94.9 cm³/mol. The molecule has 0 aliphatic carbocycles. The molecule has 24 heavy (non-hydrogen) atoms. The third-order valence-electron chi connectivity index (χ3n) is 3.98. The molecule has 1 amide bonds. The van der Waals surface area contributed by atoms with Crippen LogP contribution in [0.5, 0.6) is 0 Å². The zero-order valence-corrected chi connectivity index (χ0v) is 13.0. The van der Waals surface area contributed by atoms with Gasteiger partial charge in [-0.2, -0.15) is 0 Å². The standard InChI is InChI=1S/C18H15N5O/c1-10-2-5-13-15(8-10)22-23-17(16(13)19)18(24)21-12-4-3-11-6-7-20-14(11)9-12/h2-9,20H,1H3,(H2,19,22)(H,21,24). The maximum atomic E-state index is 12.5. The minimum Gasteiger partial charge on any atom is -0.396 e. The number of nitrogens with one attached hydrogen (secondary N) is 2. The molecule has 4 N–H and O–H groups in total. The monoisotopic (exact) mass is 317 g/mol. The van der Waals surface area contributed by atoms with Crippen LogP contribution in [0.2, 0.25) is 0 Å². The molecule has 0 spiro atoms. The van der Waals surface area contributed by atoms with E-state index in [1.165, 1.54) is 0 Å². The Morgan fingerprint density at radius 2 is 2.00 bits per heavy atom. The van der Waals surface area contributed by atoms with E-state index in [1.807, 2.05) is 55.6 Å². The number of carbonyl (C=O) groups is 1. The summed E-state index contributed by atoms with van der Waals surface area (Å²) in [6, 6.07) is 13.3. The van der Waals surface area contributed by atoms with Crippen LogP contribution in [-0.4, -0.2) is 21.1 Å². The fraction of sp³-hybridized carbons (Fsp3) is 0.0556. The number of rotatable bonds is 2. The normalized spacial score (nSPS) is 11.0. The summed E-state index contributed by atoms with van der Waals surface area (Å²) in [6.07, 6.45) is 1.85. The molecule has 0 bridgehead atoms. The van der Waals surface area contributed by atoms with Crippen LogP contribution in [0.25, 0.3) is 21.8 Å². The largest absolute Gasteiger partial charge is 0.396 e. The maximum absolute atomic E-state index is 12.5. The van der Waals surface area contributed by atoms with Gasteiger partial charge in [-0.1, -0.05) is 18.2 Å². The zero-order valence-electron chi connectivity index (χ0n) is 13.0. The minimum atomic E-state index is -0.381. The van der Waals surface area contributed by atoms with Gasteiger partial charge in [-0.25, -0.2) is 0 Å². The van der Waals surface area contributed by atoms with Gasteiger partial charge in [0.2, 0.25) is 0 Å². The lowest BCUT2D eigenvalue weighted by Gasteiger charge is -2.09. The first-order chi connectivity index (χ1) is 11.6. The zero-order chi connectivity index (χ0) is 16.7. The number of nitrogen functional groups attached to an aromatic ring is 1. The van der Waals surface area contributed by atoms with E-state index in [-0.39, 0.29) is 11.6 Å².